The summed E-state index contributed by atoms with van der Waals surface area (Å²) < 4.78 is 0. The molecule has 0 radical (unpaired) electrons. The number of hydrogen-bond donors (Lipinski definition) is 2. The monoisotopic (exact) mass is 220 g/mol. The van der Waals surface area contributed by atoms with Gasteiger partial charge in [-0.05, 0) is 18.6 Å². The van der Waals surface area contributed by atoms with Crippen molar-refractivity contribution in [3.63, 3.8) is 0 Å². The second-order valence-electron chi connectivity index (χ2n) is 3.42. The van der Waals surface area contributed by atoms with Crippen LogP contribution in [-0.2, 0) is 9.59 Å². The van der Waals surface area contributed by atoms with Crippen molar-refractivity contribution >= 4 is 17.9 Å². The number of para-hydroxylation sites is 1. The van der Waals surface area contributed by atoms with Gasteiger partial charge in [0.05, 0.1) is 0 Å². The predicted octanol–water partition coefficient (Wildman–Crippen LogP) is 1.19. The number of anilines is 1. The minimum atomic E-state index is -0.363. The topological polar surface area (TPSA) is 58.2 Å². The van der Waals surface area contributed by atoms with Crippen LogP contribution >= 0.6 is 0 Å². The standard InChI is InChI=1S/C12H16N2O2/c1-13-12(16)11(8-5-9-15)14-10-6-3-2-4-7-10/h2-4,6-7,9,11,14H,5,8H2,1H3,(H,13,16). The van der Waals surface area contributed by atoms with Crippen LogP contribution in [0, 0.1) is 0 Å². The number of benzene rings is 1. The van der Waals surface area contributed by atoms with Gasteiger partial charge in [-0.15, -0.1) is 0 Å². The summed E-state index contributed by atoms with van der Waals surface area (Å²) in [5, 5.41) is 5.67. The fourth-order valence-corrected chi connectivity index (χ4v) is 1.41. The van der Waals surface area contributed by atoms with E-state index in [0.717, 1.165) is 12.0 Å². The molecule has 0 aromatic heterocycles. The molecule has 1 atom stereocenters. The van der Waals surface area contributed by atoms with Crippen molar-refractivity contribution in [2.24, 2.45) is 0 Å². The van der Waals surface area contributed by atoms with Crippen molar-refractivity contribution in [2.45, 2.75) is 18.9 Å². The summed E-state index contributed by atoms with van der Waals surface area (Å²) in [6.45, 7) is 0. The minimum absolute atomic E-state index is 0.106. The van der Waals surface area contributed by atoms with E-state index in [1.807, 2.05) is 30.3 Å². The highest BCUT2D eigenvalue weighted by Crippen LogP contribution is 2.09. The second kappa shape index (κ2) is 6.61. The Labute approximate surface area is 95.0 Å². The van der Waals surface area contributed by atoms with Crippen LogP contribution in [0.1, 0.15) is 12.8 Å². The van der Waals surface area contributed by atoms with Crippen LogP contribution in [0.3, 0.4) is 0 Å². The predicted molar refractivity (Wildman–Crippen MR) is 63.2 cm³/mol. The lowest BCUT2D eigenvalue weighted by Gasteiger charge is -2.17. The second-order valence-corrected chi connectivity index (χ2v) is 3.42. The molecule has 1 unspecified atom stereocenters. The maximum absolute atomic E-state index is 11.5. The summed E-state index contributed by atoms with van der Waals surface area (Å²) >= 11 is 0. The van der Waals surface area contributed by atoms with E-state index in [1.165, 1.54) is 0 Å². The van der Waals surface area contributed by atoms with Crippen LogP contribution in [0.2, 0.25) is 0 Å². The van der Waals surface area contributed by atoms with Gasteiger partial charge in [0, 0.05) is 19.2 Å². The molecule has 4 heteroatoms. The van der Waals surface area contributed by atoms with Crippen LogP contribution in [0.25, 0.3) is 0 Å². The fraction of sp³-hybridized carbons (Fsp3) is 0.333. The first-order valence-electron chi connectivity index (χ1n) is 5.24. The molecule has 0 saturated carbocycles. The minimum Gasteiger partial charge on any atom is -0.374 e. The normalized spacial score (nSPS) is 11.6. The van der Waals surface area contributed by atoms with Crippen molar-refractivity contribution in [1.82, 2.24) is 5.32 Å². The zero-order valence-corrected chi connectivity index (χ0v) is 9.27. The lowest BCUT2D eigenvalue weighted by atomic mass is 10.1. The van der Waals surface area contributed by atoms with E-state index < -0.39 is 0 Å². The number of carbonyl (C=O) groups is 2. The Morgan fingerprint density at radius 3 is 2.62 bits per heavy atom. The number of nitrogens with one attached hydrogen (secondary N) is 2. The third-order valence-electron chi connectivity index (χ3n) is 2.25. The summed E-state index contributed by atoms with van der Waals surface area (Å²) in [6, 6.07) is 9.10. The lowest BCUT2D eigenvalue weighted by molar-refractivity contribution is -0.121. The number of amides is 1. The molecule has 0 saturated heterocycles. The maximum atomic E-state index is 11.5. The van der Waals surface area contributed by atoms with Crippen LogP contribution in [-0.4, -0.2) is 25.3 Å². The van der Waals surface area contributed by atoms with Gasteiger partial charge >= 0.3 is 0 Å². The van der Waals surface area contributed by atoms with E-state index in [-0.39, 0.29) is 11.9 Å². The van der Waals surface area contributed by atoms with Gasteiger partial charge in [-0.25, -0.2) is 0 Å². The summed E-state index contributed by atoms with van der Waals surface area (Å²) in [6.07, 6.45) is 1.69. The van der Waals surface area contributed by atoms with Gasteiger partial charge in [-0.3, -0.25) is 4.79 Å². The smallest absolute Gasteiger partial charge is 0.242 e. The molecule has 1 aromatic carbocycles. The van der Waals surface area contributed by atoms with Crippen LogP contribution in [0.15, 0.2) is 30.3 Å². The maximum Gasteiger partial charge on any atom is 0.242 e. The number of carbonyl (C=O) groups excluding carboxylic acids is 2. The van der Waals surface area contributed by atoms with E-state index >= 15 is 0 Å². The zero-order chi connectivity index (χ0) is 11.8. The molecular weight excluding hydrogens is 204 g/mol. The summed E-state index contributed by atoms with van der Waals surface area (Å²) in [7, 11) is 1.59. The molecule has 0 aliphatic heterocycles. The van der Waals surface area contributed by atoms with Gasteiger partial charge in [-0.1, -0.05) is 18.2 Å². The van der Waals surface area contributed by atoms with E-state index in [4.69, 9.17) is 0 Å². The summed E-state index contributed by atoms with van der Waals surface area (Å²) in [5.74, 6) is -0.106. The third-order valence-corrected chi connectivity index (χ3v) is 2.25. The molecule has 16 heavy (non-hydrogen) atoms. The van der Waals surface area contributed by atoms with Gasteiger partial charge in [0.2, 0.25) is 5.91 Å². The average molecular weight is 220 g/mol. The van der Waals surface area contributed by atoms with Crippen molar-refractivity contribution in [1.29, 1.82) is 0 Å². The van der Waals surface area contributed by atoms with Crippen LogP contribution < -0.4 is 10.6 Å². The van der Waals surface area contributed by atoms with Crippen molar-refractivity contribution in [3.05, 3.63) is 30.3 Å². The van der Waals surface area contributed by atoms with Crippen LogP contribution in [0.5, 0.6) is 0 Å². The average Bonchev–Trinajstić information content (AvgIpc) is 2.34. The number of likely N-dealkylation sites (N-methyl/N-ethyl adjacent to an activating group) is 1. The molecule has 4 nitrogen and oxygen atoms in total. The Kier molecular flexibility index (Phi) is 5.05. The molecule has 1 aromatic rings. The van der Waals surface area contributed by atoms with Crippen LogP contribution in [0.4, 0.5) is 5.69 Å². The largest absolute Gasteiger partial charge is 0.374 e. The molecule has 0 fully saturated rings. The third kappa shape index (κ3) is 3.73. The Morgan fingerprint density at radius 2 is 2.06 bits per heavy atom. The van der Waals surface area contributed by atoms with Gasteiger partial charge < -0.3 is 15.4 Å². The molecule has 1 rings (SSSR count). The molecule has 0 aliphatic carbocycles. The quantitative estimate of drug-likeness (QED) is 0.708. The fourth-order valence-electron chi connectivity index (χ4n) is 1.41. The Bertz CT molecular complexity index is 338. The van der Waals surface area contributed by atoms with Gasteiger partial charge in [0.1, 0.15) is 12.3 Å². The Morgan fingerprint density at radius 1 is 1.38 bits per heavy atom. The molecule has 0 heterocycles. The van der Waals surface area contributed by atoms with Crippen molar-refractivity contribution in [3.8, 4) is 0 Å². The highest BCUT2D eigenvalue weighted by Gasteiger charge is 2.15. The highest BCUT2D eigenvalue weighted by atomic mass is 16.2. The van der Waals surface area contributed by atoms with E-state index in [2.05, 4.69) is 10.6 Å². The molecule has 0 aliphatic rings. The van der Waals surface area contributed by atoms with E-state index in [9.17, 15) is 9.59 Å². The summed E-state index contributed by atoms with van der Waals surface area (Å²) in [4.78, 5) is 21.8. The lowest BCUT2D eigenvalue weighted by Crippen LogP contribution is -2.37. The van der Waals surface area contributed by atoms with Gasteiger partial charge in [0.15, 0.2) is 0 Å². The van der Waals surface area contributed by atoms with E-state index in [1.54, 1.807) is 7.05 Å². The van der Waals surface area contributed by atoms with Crippen molar-refractivity contribution < 1.29 is 9.59 Å². The van der Waals surface area contributed by atoms with Gasteiger partial charge in [-0.2, -0.15) is 0 Å². The first-order valence-corrected chi connectivity index (χ1v) is 5.24. The number of hydrogen-bond acceptors (Lipinski definition) is 3. The Hall–Kier alpha value is -1.84. The molecular formula is C12H16N2O2. The Balaban J connectivity index is 2.63. The zero-order valence-electron chi connectivity index (χ0n) is 9.27. The molecule has 2 N–H and O–H groups in total. The number of rotatable bonds is 6. The molecule has 1 amide bonds. The highest BCUT2D eigenvalue weighted by molar-refractivity contribution is 5.84. The first-order chi connectivity index (χ1) is 7.77. The van der Waals surface area contributed by atoms with Gasteiger partial charge in [0.25, 0.3) is 0 Å². The molecule has 0 bridgehead atoms. The first kappa shape index (κ1) is 12.2. The molecule has 0 spiro atoms. The SMILES string of the molecule is CNC(=O)C(CCC=O)Nc1ccccc1. The number of aldehydes is 1. The molecule has 86 valence electrons. The summed E-state index contributed by atoms with van der Waals surface area (Å²) in [5.41, 5.74) is 0.877. The van der Waals surface area contributed by atoms with Crippen molar-refractivity contribution in [2.75, 3.05) is 12.4 Å². The van der Waals surface area contributed by atoms with E-state index in [0.29, 0.717) is 12.8 Å².